The molecule has 0 aliphatic carbocycles. The Balaban J connectivity index is 2.24. The van der Waals surface area contributed by atoms with Crippen molar-refractivity contribution in [1.82, 2.24) is 9.71 Å². The molecule has 2 aromatic rings. The summed E-state index contributed by atoms with van der Waals surface area (Å²) in [6.07, 6.45) is 1.63. The second-order valence-corrected chi connectivity index (χ2v) is 6.96. The van der Waals surface area contributed by atoms with Gasteiger partial charge in [-0.2, -0.15) is 0 Å². The van der Waals surface area contributed by atoms with Crippen LogP contribution in [0, 0.1) is 0 Å². The van der Waals surface area contributed by atoms with E-state index < -0.39 is 16.1 Å². The van der Waals surface area contributed by atoms with Gasteiger partial charge in [-0.15, -0.1) is 0 Å². The van der Waals surface area contributed by atoms with Gasteiger partial charge in [0, 0.05) is 6.20 Å². The Morgan fingerprint density at radius 2 is 2.05 bits per heavy atom. The molecular formula is C14H15BrN2O3S. The molecular weight excluding hydrogens is 356 g/mol. The molecule has 0 bridgehead atoms. The van der Waals surface area contributed by atoms with Crippen LogP contribution in [0.5, 0.6) is 5.75 Å². The van der Waals surface area contributed by atoms with Crippen LogP contribution in [0.15, 0.2) is 52.0 Å². The maximum Gasteiger partial charge on any atom is 0.241 e. The van der Waals surface area contributed by atoms with Crippen molar-refractivity contribution in [1.29, 1.82) is 0 Å². The van der Waals surface area contributed by atoms with Crippen LogP contribution in [0.4, 0.5) is 0 Å². The predicted molar refractivity (Wildman–Crippen MR) is 83.7 cm³/mol. The fraction of sp³-hybridized carbons (Fsp3) is 0.214. The number of halogens is 1. The van der Waals surface area contributed by atoms with Crippen LogP contribution in [0.25, 0.3) is 0 Å². The van der Waals surface area contributed by atoms with Crippen molar-refractivity contribution in [3.63, 3.8) is 0 Å². The molecule has 0 amide bonds. The summed E-state index contributed by atoms with van der Waals surface area (Å²) in [6, 6.07) is 9.56. The Morgan fingerprint density at radius 1 is 1.29 bits per heavy atom. The van der Waals surface area contributed by atoms with Crippen molar-refractivity contribution in [2.24, 2.45) is 0 Å². The Morgan fingerprint density at radius 3 is 2.62 bits per heavy atom. The van der Waals surface area contributed by atoms with Gasteiger partial charge in [-0.1, -0.05) is 6.07 Å². The highest BCUT2D eigenvalue weighted by Gasteiger charge is 2.20. The fourth-order valence-electron chi connectivity index (χ4n) is 1.81. The summed E-state index contributed by atoms with van der Waals surface area (Å²) in [7, 11) is -2.11. The molecule has 0 aliphatic heterocycles. The zero-order chi connectivity index (χ0) is 15.5. The summed E-state index contributed by atoms with van der Waals surface area (Å²) in [5.74, 6) is 0.576. The average Bonchev–Trinajstić information content (AvgIpc) is 2.47. The van der Waals surface area contributed by atoms with Crippen molar-refractivity contribution >= 4 is 26.0 Å². The summed E-state index contributed by atoms with van der Waals surface area (Å²) in [4.78, 5) is 4.31. The van der Waals surface area contributed by atoms with Crippen LogP contribution in [-0.2, 0) is 10.0 Å². The quantitative estimate of drug-likeness (QED) is 0.878. The van der Waals surface area contributed by atoms with Gasteiger partial charge in [0.2, 0.25) is 10.0 Å². The van der Waals surface area contributed by atoms with E-state index in [0.29, 0.717) is 15.9 Å². The molecule has 5 nitrogen and oxygen atoms in total. The van der Waals surface area contributed by atoms with Crippen molar-refractivity contribution in [3.05, 3.63) is 52.8 Å². The monoisotopic (exact) mass is 370 g/mol. The Bertz CT molecular complexity index is 720. The Labute approximate surface area is 132 Å². The summed E-state index contributed by atoms with van der Waals surface area (Å²) in [5.41, 5.74) is 0.661. The third-order valence-corrected chi connectivity index (χ3v) is 5.06. The van der Waals surface area contributed by atoms with E-state index in [1.165, 1.54) is 19.2 Å². The first kappa shape index (κ1) is 15.9. The highest BCUT2D eigenvalue weighted by atomic mass is 79.9. The minimum atomic E-state index is -3.63. The number of sulfonamides is 1. The number of rotatable bonds is 5. The van der Waals surface area contributed by atoms with E-state index in [1.807, 2.05) is 6.07 Å². The highest BCUT2D eigenvalue weighted by molar-refractivity contribution is 9.10. The van der Waals surface area contributed by atoms with E-state index in [4.69, 9.17) is 4.74 Å². The lowest BCUT2D eigenvalue weighted by atomic mass is 10.2. The molecule has 1 heterocycles. The molecule has 7 heteroatoms. The zero-order valence-corrected chi connectivity index (χ0v) is 14.0. The number of ether oxygens (including phenoxy) is 1. The first-order valence-corrected chi connectivity index (χ1v) is 8.48. The molecule has 1 aromatic heterocycles. The third kappa shape index (κ3) is 3.81. The predicted octanol–water partition coefficient (Wildman–Crippen LogP) is 2.89. The van der Waals surface area contributed by atoms with E-state index in [9.17, 15) is 8.42 Å². The van der Waals surface area contributed by atoms with E-state index in [0.717, 1.165) is 0 Å². The van der Waals surface area contributed by atoms with Gasteiger partial charge in [0.25, 0.3) is 0 Å². The normalized spacial score (nSPS) is 12.9. The van der Waals surface area contributed by atoms with Gasteiger partial charge in [-0.25, -0.2) is 13.1 Å². The molecule has 0 aliphatic rings. The fourth-order valence-corrected chi connectivity index (χ4v) is 3.74. The van der Waals surface area contributed by atoms with Crippen molar-refractivity contribution in [2.75, 3.05) is 7.11 Å². The zero-order valence-electron chi connectivity index (χ0n) is 11.6. The summed E-state index contributed by atoms with van der Waals surface area (Å²) < 4.78 is 33.0. The van der Waals surface area contributed by atoms with Crippen molar-refractivity contribution < 1.29 is 13.2 Å². The topological polar surface area (TPSA) is 68.3 Å². The van der Waals surface area contributed by atoms with Gasteiger partial charge in [0.1, 0.15) is 5.75 Å². The van der Waals surface area contributed by atoms with Crippen LogP contribution >= 0.6 is 15.9 Å². The van der Waals surface area contributed by atoms with Crippen LogP contribution in [-0.4, -0.2) is 20.5 Å². The van der Waals surface area contributed by atoms with E-state index in [1.54, 1.807) is 31.3 Å². The Kier molecular flexibility index (Phi) is 4.97. The second kappa shape index (κ2) is 6.55. The number of hydrogen-bond acceptors (Lipinski definition) is 4. The lowest BCUT2D eigenvalue weighted by Gasteiger charge is -2.14. The molecule has 0 fully saturated rings. The third-order valence-electron chi connectivity index (χ3n) is 2.90. The Hall–Kier alpha value is -1.44. The number of pyridine rings is 1. The molecule has 0 saturated heterocycles. The average molecular weight is 371 g/mol. The van der Waals surface area contributed by atoms with Gasteiger partial charge in [0.15, 0.2) is 0 Å². The van der Waals surface area contributed by atoms with Gasteiger partial charge in [-0.3, -0.25) is 4.98 Å². The molecule has 1 N–H and O–H groups in total. The molecule has 21 heavy (non-hydrogen) atoms. The van der Waals surface area contributed by atoms with Gasteiger partial charge >= 0.3 is 0 Å². The number of aromatic nitrogens is 1. The molecule has 0 spiro atoms. The number of nitrogens with zero attached hydrogens (tertiary/aromatic N) is 1. The molecule has 0 saturated carbocycles. The highest BCUT2D eigenvalue weighted by Crippen LogP contribution is 2.27. The van der Waals surface area contributed by atoms with Crippen LogP contribution in [0.2, 0.25) is 0 Å². The van der Waals surface area contributed by atoms with Gasteiger partial charge < -0.3 is 4.74 Å². The molecule has 1 aromatic carbocycles. The van der Waals surface area contributed by atoms with Crippen molar-refractivity contribution in [2.45, 2.75) is 17.9 Å². The molecule has 1 atom stereocenters. The van der Waals surface area contributed by atoms with Gasteiger partial charge in [0.05, 0.1) is 28.2 Å². The van der Waals surface area contributed by atoms with Crippen LogP contribution < -0.4 is 9.46 Å². The molecule has 0 radical (unpaired) electrons. The van der Waals surface area contributed by atoms with Crippen LogP contribution in [0.3, 0.4) is 0 Å². The summed E-state index contributed by atoms with van der Waals surface area (Å²) in [6.45, 7) is 1.75. The van der Waals surface area contributed by atoms with Crippen LogP contribution in [0.1, 0.15) is 18.7 Å². The summed E-state index contributed by atoms with van der Waals surface area (Å²) in [5, 5.41) is 0. The standard InChI is InChI=1S/C14H15BrN2O3S/c1-10(13-5-3-4-8-16-13)17-21(18,19)11-6-7-14(20-2)12(15)9-11/h3-10,17H,1-2H3/t10-/m0/s1. The molecule has 2 rings (SSSR count). The first-order chi connectivity index (χ1) is 9.94. The van der Waals surface area contributed by atoms with Crippen molar-refractivity contribution in [3.8, 4) is 5.75 Å². The van der Waals surface area contributed by atoms with Gasteiger partial charge in [-0.05, 0) is 53.2 Å². The van der Waals surface area contributed by atoms with E-state index in [2.05, 4.69) is 25.6 Å². The molecule has 112 valence electrons. The van der Waals surface area contributed by atoms with E-state index in [-0.39, 0.29) is 4.90 Å². The lowest BCUT2D eigenvalue weighted by molar-refractivity contribution is 0.411. The second-order valence-electron chi connectivity index (χ2n) is 4.39. The summed E-state index contributed by atoms with van der Waals surface area (Å²) >= 11 is 3.28. The first-order valence-electron chi connectivity index (χ1n) is 6.21. The SMILES string of the molecule is COc1ccc(S(=O)(=O)N[C@@H](C)c2ccccn2)cc1Br. The minimum absolute atomic E-state index is 0.165. The number of nitrogens with one attached hydrogen (secondary N) is 1. The number of methoxy groups -OCH3 is 1. The maximum atomic E-state index is 12.4. The number of hydrogen-bond donors (Lipinski definition) is 1. The molecule has 0 unspecified atom stereocenters. The smallest absolute Gasteiger partial charge is 0.241 e. The minimum Gasteiger partial charge on any atom is -0.496 e. The van der Waals surface area contributed by atoms with E-state index >= 15 is 0 Å². The number of benzene rings is 1. The maximum absolute atomic E-state index is 12.4. The largest absolute Gasteiger partial charge is 0.496 e. The lowest BCUT2D eigenvalue weighted by Crippen LogP contribution is -2.27.